The standard InChI is InChI=1S/C25H35N3O5S/c1-7-21-12-8-9-14-23(21)28(34(6,31)32)17-24(29)27(19(4)25(30)26-18(2)3)16-20-11-10-13-22(15-20)33-5/h8-15,18-19H,7,16-17H2,1-6H3,(H,26,30)/t19-/m0/s1. The van der Waals surface area contributed by atoms with Crippen molar-refractivity contribution in [2.75, 3.05) is 24.2 Å². The number of methoxy groups -OCH3 is 1. The molecule has 0 aliphatic carbocycles. The molecule has 34 heavy (non-hydrogen) atoms. The first-order chi connectivity index (χ1) is 16.0. The van der Waals surface area contributed by atoms with Gasteiger partial charge in [-0.05, 0) is 56.5 Å². The van der Waals surface area contributed by atoms with Crippen LogP contribution in [-0.2, 0) is 32.6 Å². The fourth-order valence-electron chi connectivity index (χ4n) is 3.60. The van der Waals surface area contributed by atoms with E-state index in [1.165, 1.54) is 4.90 Å². The average Bonchev–Trinajstić information content (AvgIpc) is 2.79. The molecular formula is C25H35N3O5S. The Hall–Kier alpha value is -3.07. The highest BCUT2D eigenvalue weighted by atomic mass is 32.2. The second-order valence-corrected chi connectivity index (χ2v) is 10.4. The number of amides is 2. The molecule has 2 aromatic carbocycles. The Morgan fingerprint density at radius 2 is 1.74 bits per heavy atom. The minimum Gasteiger partial charge on any atom is -0.497 e. The van der Waals surface area contributed by atoms with Crippen molar-refractivity contribution in [3.63, 3.8) is 0 Å². The third-order valence-corrected chi connectivity index (χ3v) is 6.53. The molecule has 0 spiro atoms. The fraction of sp³-hybridized carbons (Fsp3) is 0.440. The molecular weight excluding hydrogens is 454 g/mol. The number of carbonyl (C=O) groups excluding carboxylic acids is 2. The van der Waals surface area contributed by atoms with Crippen molar-refractivity contribution >= 4 is 27.5 Å². The summed E-state index contributed by atoms with van der Waals surface area (Å²) in [6.45, 7) is 6.95. The Bertz CT molecular complexity index is 1100. The van der Waals surface area contributed by atoms with E-state index in [4.69, 9.17) is 4.74 Å². The van der Waals surface area contributed by atoms with E-state index < -0.39 is 28.5 Å². The Labute approximate surface area is 202 Å². The molecule has 0 aliphatic rings. The van der Waals surface area contributed by atoms with Gasteiger partial charge in [0.25, 0.3) is 0 Å². The minimum absolute atomic E-state index is 0.104. The first-order valence-electron chi connectivity index (χ1n) is 11.3. The van der Waals surface area contributed by atoms with E-state index in [-0.39, 0.29) is 18.5 Å². The Morgan fingerprint density at radius 1 is 1.06 bits per heavy atom. The molecule has 8 nitrogen and oxygen atoms in total. The third kappa shape index (κ3) is 7.21. The molecule has 0 saturated carbocycles. The number of hydrogen-bond acceptors (Lipinski definition) is 5. The predicted molar refractivity (Wildman–Crippen MR) is 134 cm³/mol. The summed E-state index contributed by atoms with van der Waals surface area (Å²) < 4.78 is 31.8. The van der Waals surface area contributed by atoms with Crippen molar-refractivity contribution < 1.29 is 22.7 Å². The van der Waals surface area contributed by atoms with Crippen molar-refractivity contribution in [3.8, 4) is 5.75 Å². The minimum atomic E-state index is -3.76. The first-order valence-corrected chi connectivity index (χ1v) is 13.1. The molecule has 2 amide bonds. The number of para-hydroxylation sites is 1. The maximum absolute atomic E-state index is 13.6. The van der Waals surface area contributed by atoms with Gasteiger partial charge in [-0.2, -0.15) is 0 Å². The van der Waals surface area contributed by atoms with Crippen LogP contribution in [0.1, 0.15) is 38.8 Å². The molecule has 2 rings (SSSR count). The van der Waals surface area contributed by atoms with E-state index in [0.29, 0.717) is 17.9 Å². The Kier molecular flexibility index (Phi) is 9.49. The molecule has 0 saturated heterocycles. The van der Waals surface area contributed by atoms with Crippen LogP contribution in [0.5, 0.6) is 5.75 Å². The zero-order chi connectivity index (χ0) is 25.5. The summed E-state index contributed by atoms with van der Waals surface area (Å²) in [5, 5.41) is 2.83. The Morgan fingerprint density at radius 3 is 2.32 bits per heavy atom. The molecule has 9 heteroatoms. The number of aryl methyl sites for hydroxylation is 1. The molecule has 0 bridgehead atoms. The highest BCUT2D eigenvalue weighted by molar-refractivity contribution is 7.92. The van der Waals surface area contributed by atoms with Gasteiger partial charge in [0.15, 0.2) is 0 Å². The van der Waals surface area contributed by atoms with Gasteiger partial charge in [-0.25, -0.2) is 8.42 Å². The largest absolute Gasteiger partial charge is 0.497 e. The molecule has 1 atom stereocenters. The molecule has 186 valence electrons. The molecule has 0 unspecified atom stereocenters. The van der Waals surface area contributed by atoms with Crippen LogP contribution in [0.2, 0.25) is 0 Å². The quantitative estimate of drug-likeness (QED) is 0.524. The summed E-state index contributed by atoms with van der Waals surface area (Å²) in [5.41, 5.74) is 2.03. The van der Waals surface area contributed by atoms with Gasteiger partial charge in [-0.15, -0.1) is 0 Å². The summed E-state index contributed by atoms with van der Waals surface area (Å²) in [6, 6.07) is 13.4. The fourth-order valence-corrected chi connectivity index (χ4v) is 4.48. The van der Waals surface area contributed by atoms with E-state index in [1.807, 2.05) is 39.0 Å². The summed E-state index contributed by atoms with van der Waals surface area (Å²) in [6.07, 6.45) is 1.69. The maximum atomic E-state index is 13.6. The molecule has 0 heterocycles. The van der Waals surface area contributed by atoms with Gasteiger partial charge in [0.05, 0.1) is 19.1 Å². The van der Waals surface area contributed by atoms with Crippen LogP contribution in [0.4, 0.5) is 5.69 Å². The van der Waals surface area contributed by atoms with E-state index in [0.717, 1.165) is 21.7 Å². The monoisotopic (exact) mass is 489 g/mol. The van der Waals surface area contributed by atoms with Gasteiger partial charge < -0.3 is 15.0 Å². The number of nitrogens with zero attached hydrogens (tertiary/aromatic N) is 2. The number of hydrogen-bond donors (Lipinski definition) is 1. The number of sulfonamides is 1. The number of anilines is 1. The van der Waals surface area contributed by atoms with Crippen LogP contribution in [0.15, 0.2) is 48.5 Å². The van der Waals surface area contributed by atoms with Crippen molar-refractivity contribution in [2.45, 2.75) is 52.7 Å². The van der Waals surface area contributed by atoms with Crippen LogP contribution in [0.3, 0.4) is 0 Å². The van der Waals surface area contributed by atoms with Gasteiger partial charge in [0.2, 0.25) is 21.8 Å². The maximum Gasteiger partial charge on any atom is 0.244 e. The molecule has 1 N–H and O–H groups in total. The molecule has 0 radical (unpaired) electrons. The van der Waals surface area contributed by atoms with E-state index >= 15 is 0 Å². The number of carbonyl (C=O) groups is 2. The lowest BCUT2D eigenvalue weighted by molar-refractivity contribution is -0.139. The van der Waals surface area contributed by atoms with Gasteiger partial charge in [0, 0.05) is 12.6 Å². The number of nitrogens with one attached hydrogen (secondary N) is 1. The molecule has 0 aliphatic heterocycles. The number of rotatable bonds is 11. The summed E-state index contributed by atoms with van der Waals surface area (Å²) in [7, 11) is -2.21. The van der Waals surface area contributed by atoms with Crippen LogP contribution in [-0.4, -0.2) is 57.1 Å². The predicted octanol–water partition coefficient (Wildman–Crippen LogP) is 2.97. The highest BCUT2D eigenvalue weighted by Gasteiger charge is 2.30. The van der Waals surface area contributed by atoms with Crippen LogP contribution >= 0.6 is 0 Å². The van der Waals surface area contributed by atoms with E-state index in [1.54, 1.807) is 44.4 Å². The van der Waals surface area contributed by atoms with Gasteiger partial charge in [0.1, 0.15) is 18.3 Å². The topological polar surface area (TPSA) is 96.0 Å². The van der Waals surface area contributed by atoms with Gasteiger partial charge in [-0.1, -0.05) is 37.3 Å². The van der Waals surface area contributed by atoms with Crippen LogP contribution in [0, 0.1) is 0 Å². The third-order valence-electron chi connectivity index (χ3n) is 5.41. The lowest BCUT2D eigenvalue weighted by Crippen LogP contribution is -2.52. The normalized spacial score (nSPS) is 12.2. The molecule has 0 aromatic heterocycles. The zero-order valence-electron chi connectivity index (χ0n) is 20.7. The highest BCUT2D eigenvalue weighted by Crippen LogP contribution is 2.24. The van der Waals surface area contributed by atoms with Crippen molar-refractivity contribution in [1.29, 1.82) is 0 Å². The SMILES string of the molecule is CCc1ccccc1N(CC(=O)N(Cc1cccc(OC)c1)[C@@H](C)C(=O)NC(C)C)S(C)(=O)=O. The molecule has 0 fully saturated rings. The van der Waals surface area contributed by atoms with Crippen LogP contribution < -0.4 is 14.4 Å². The summed E-state index contributed by atoms with van der Waals surface area (Å²) in [4.78, 5) is 27.8. The van der Waals surface area contributed by atoms with E-state index in [9.17, 15) is 18.0 Å². The smallest absolute Gasteiger partial charge is 0.244 e. The van der Waals surface area contributed by atoms with Crippen molar-refractivity contribution in [2.24, 2.45) is 0 Å². The van der Waals surface area contributed by atoms with Gasteiger partial charge in [-0.3, -0.25) is 13.9 Å². The zero-order valence-corrected chi connectivity index (χ0v) is 21.6. The average molecular weight is 490 g/mol. The molecule has 2 aromatic rings. The summed E-state index contributed by atoms with van der Waals surface area (Å²) in [5.74, 6) is -0.171. The Balaban J connectivity index is 2.44. The van der Waals surface area contributed by atoms with Crippen LogP contribution in [0.25, 0.3) is 0 Å². The number of benzene rings is 2. The van der Waals surface area contributed by atoms with E-state index in [2.05, 4.69) is 5.32 Å². The second-order valence-electron chi connectivity index (χ2n) is 8.46. The first kappa shape index (κ1) is 27.2. The lowest BCUT2D eigenvalue weighted by atomic mass is 10.1. The van der Waals surface area contributed by atoms with Crippen molar-refractivity contribution in [3.05, 3.63) is 59.7 Å². The summed E-state index contributed by atoms with van der Waals surface area (Å²) >= 11 is 0. The van der Waals surface area contributed by atoms with Gasteiger partial charge >= 0.3 is 0 Å². The second kappa shape index (κ2) is 11.9. The lowest BCUT2D eigenvalue weighted by Gasteiger charge is -2.32. The van der Waals surface area contributed by atoms with Crippen molar-refractivity contribution in [1.82, 2.24) is 10.2 Å². The number of ether oxygens (including phenoxy) is 1.